The van der Waals surface area contributed by atoms with Crippen molar-refractivity contribution in [3.63, 3.8) is 0 Å². The number of hydrogen-bond acceptors (Lipinski definition) is 7. The fourth-order valence-corrected chi connectivity index (χ4v) is 4.08. The van der Waals surface area contributed by atoms with Gasteiger partial charge in [-0.1, -0.05) is 12.1 Å². The van der Waals surface area contributed by atoms with Crippen molar-refractivity contribution < 1.29 is 14.3 Å². The maximum absolute atomic E-state index is 13.6. The molecule has 1 amide bonds. The summed E-state index contributed by atoms with van der Waals surface area (Å²) in [7, 11) is 0. The van der Waals surface area contributed by atoms with Gasteiger partial charge < -0.3 is 14.8 Å². The van der Waals surface area contributed by atoms with Gasteiger partial charge in [-0.05, 0) is 60.2 Å². The van der Waals surface area contributed by atoms with E-state index in [9.17, 15) is 9.59 Å². The zero-order valence-corrected chi connectivity index (χ0v) is 18.9. The zero-order valence-electron chi connectivity index (χ0n) is 18.9. The van der Waals surface area contributed by atoms with Crippen LogP contribution >= 0.6 is 0 Å². The van der Waals surface area contributed by atoms with E-state index in [1.807, 2.05) is 18.2 Å². The normalized spacial score (nSPS) is 12.0. The molecule has 36 heavy (non-hydrogen) atoms. The van der Waals surface area contributed by atoms with Crippen LogP contribution in [0.15, 0.2) is 90.1 Å². The molecular weight excluding hydrogens is 458 g/mol. The molecule has 0 atom stereocenters. The van der Waals surface area contributed by atoms with Crippen molar-refractivity contribution in [2.45, 2.75) is 6.42 Å². The van der Waals surface area contributed by atoms with Crippen LogP contribution in [-0.4, -0.2) is 32.2 Å². The van der Waals surface area contributed by atoms with Crippen molar-refractivity contribution in [1.82, 2.24) is 19.5 Å². The maximum Gasteiger partial charge on any atom is 0.278 e. The van der Waals surface area contributed by atoms with E-state index in [2.05, 4.69) is 20.3 Å². The van der Waals surface area contributed by atoms with Crippen LogP contribution in [0.25, 0.3) is 16.9 Å². The molecule has 1 aliphatic rings. The Hall–Kier alpha value is -5.05. The van der Waals surface area contributed by atoms with E-state index in [0.29, 0.717) is 51.7 Å². The monoisotopic (exact) mass is 477 g/mol. The second-order valence-electron chi connectivity index (χ2n) is 8.16. The van der Waals surface area contributed by atoms with Crippen molar-refractivity contribution in [2.75, 3.05) is 12.1 Å². The summed E-state index contributed by atoms with van der Waals surface area (Å²) < 4.78 is 12.2. The Labute approximate surface area is 205 Å². The summed E-state index contributed by atoms with van der Waals surface area (Å²) in [5.74, 6) is 0.818. The lowest BCUT2D eigenvalue weighted by atomic mass is 10.1. The lowest BCUT2D eigenvalue weighted by Gasteiger charge is -2.13. The Morgan fingerprint density at radius 1 is 0.972 bits per heavy atom. The standard InChI is InChI=1S/C27H19N5O4/c33-26(18-8-9-23-24(13-18)36-16-35-23)30-19-5-1-6-20(14-19)32-25-21(7-3-11-29-25)31-22(27(32)34)12-17-4-2-10-28-15-17/h1-11,13-15H,12,16H2,(H,30,33). The largest absolute Gasteiger partial charge is 0.454 e. The minimum Gasteiger partial charge on any atom is -0.454 e. The number of rotatable bonds is 5. The van der Waals surface area contributed by atoms with Gasteiger partial charge in [0.1, 0.15) is 11.2 Å². The molecule has 0 bridgehead atoms. The summed E-state index contributed by atoms with van der Waals surface area (Å²) in [6.45, 7) is 0.133. The smallest absolute Gasteiger partial charge is 0.278 e. The van der Waals surface area contributed by atoms with Gasteiger partial charge in [0.2, 0.25) is 6.79 Å². The van der Waals surface area contributed by atoms with E-state index in [0.717, 1.165) is 5.56 Å². The van der Waals surface area contributed by atoms with Crippen LogP contribution in [0.2, 0.25) is 0 Å². The van der Waals surface area contributed by atoms with Gasteiger partial charge in [-0.15, -0.1) is 0 Å². The molecule has 0 saturated carbocycles. The van der Waals surface area contributed by atoms with Gasteiger partial charge in [-0.25, -0.2) is 9.97 Å². The highest BCUT2D eigenvalue weighted by Crippen LogP contribution is 2.32. The van der Waals surface area contributed by atoms with Gasteiger partial charge in [-0.3, -0.25) is 19.1 Å². The second-order valence-corrected chi connectivity index (χ2v) is 8.16. The minimum atomic E-state index is -0.312. The molecule has 176 valence electrons. The summed E-state index contributed by atoms with van der Waals surface area (Å²) in [5, 5.41) is 2.89. The predicted molar refractivity (Wildman–Crippen MR) is 133 cm³/mol. The van der Waals surface area contributed by atoms with Crippen LogP contribution in [-0.2, 0) is 6.42 Å². The molecule has 6 rings (SSSR count). The molecule has 9 nitrogen and oxygen atoms in total. The van der Waals surface area contributed by atoms with Crippen LogP contribution in [0.4, 0.5) is 5.69 Å². The molecule has 2 aromatic carbocycles. The van der Waals surface area contributed by atoms with Crippen molar-refractivity contribution in [2.24, 2.45) is 0 Å². The van der Waals surface area contributed by atoms with Crippen LogP contribution in [0.1, 0.15) is 21.6 Å². The van der Waals surface area contributed by atoms with E-state index in [4.69, 9.17) is 9.47 Å². The first kappa shape index (κ1) is 21.5. The molecule has 4 heterocycles. The molecule has 0 aliphatic carbocycles. The molecule has 5 aromatic rings. The number of pyridine rings is 2. The number of amides is 1. The molecular formula is C27H19N5O4. The first-order valence-corrected chi connectivity index (χ1v) is 11.2. The van der Waals surface area contributed by atoms with E-state index < -0.39 is 0 Å². The average Bonchev–Trinajstić information content (AvgIpc) is 3.38. The van der Waals surface area contributed by atoms with Crippen LogP contribution in [0.3, 0.4) is 0 Å². The Bertz CT molecular complexity index is 1670. The Balaban J connectivity index is 1.37. The average molecular weight is 477 g/mol. The van der Waals surface area contributed by atoms with Gasteiger partial charge in [-0.2, -0.15) is 0 Å². The SMILES string of the molecule is O=C(Nc1cccc(-n2c(=O)c(Cc3cccnc3)nc3cccnc32)c1)c1ccc2c(c1)OCO2. The Kier molecular flexibility index (Phi) is 5.34. The molecule has 0 saturated heterocycles. The third-order valence-corrected chi connectivity index (χ3v) is 5.77. The van der Waals surface area contributed by atoms with E-state index in [1.54, 1.807) is 67.1 Å². The van der Waals surface area contributed by atoms with Crippen molar-refractivity contribution in [3.8, 4) is 17.2 Å². The molecule has 0 radical (unpaired) electrons. The number of hydrogen-bond donors (Lipinski definition) is 1. The number of nitrogens with zero attached hydrogens (tertiary/aromatic N) is 4. The van der Waals surface area contributed by atoms with Crippen molar-refractivity contribution in [3.05, 3.63) is 112 Å². The molecule has 3 aromatic heterocycles. The van der Waals surface area contributed by atoms with Gasteiger partial charge in [0.25, 0.3) is 11.5 Å². The van der Waals surface area contributed by atoms with Gasteiger partial charge >= 0.3 is 0 Å². The fraction of sp³-hybridized carbons (Fsp3) is 0.0741. The van der Waals surface area contributed by atoms with Crippen LogP contribution in [0, 0.1) is 0 Å². The summed E-state index contributed by atoms with van der Waals surface area (Å²) in [4.78, 5) is 39.6. The van der Waals surface area contributed by atoms with Crippen molar-refractivity contribution in [1.29, 1.82) is 0 Å². The Morgan fingerprint density at radius 2 is 1.86 bits per heavy atom. The number of carbonyl (C=O) groups is 1. The molecule has 0 spiro atoms. The first-order valence-electron chi connectivity index (χ1n) is 11.2. The lowest BCUT2D eigenvalue weighted by Crippen LogP contribution is -2.25. The summed E-state index contributed by atoms with van der Waals surface area (Å²) in [6, 6.07) is 19.4. The third kappa shape index (κ3) is 4.03. The number of ether oxygens (including phenoxy) is 2. The first-order chi connectivity index (χ1) is 17.7. The number of nitrogens with one attached hydrogen (secondary N) is 1. The summed E-state index contributed by atoms with van der Waals surface area (Å²) in [5.41, 5.74) is 3.49. The maximum atomic E-state index is 13.6. The molecule has 9 heteroatoms. The highest BCUT2D eigenvalue weighted by molar-refractivity contribution is 6.04. The van der Waals surface area contributed by atoms with E-state index >= 15 is 0 Å². The van der Waals surface area contributed by atoms with Crippen molar-refractivity contribution >= 4 is 22.8 Å². The van der Waals surface area contributed by atoms with Crippen LogP contribution in [0.5, 0.6) is 11.5 Å². The predicted octanol–water partition coefficient (Wildman–Crippen LogP) is 3.75. The second kappa shape index (κ2) is 8.95. The van der Waals surface area contributed by atoms with E-state index in [1.165, 1.54) is 4.57 Å². The molecule has 0 unspecified atom stereocenters. The topological polar surface area (TPSA) is 108 Å². The number of carbonyl (C=O) groups excluding carboxylic acids is 1. The lowest BCUT2D eigenvalue weighted by molar-refractivity contribution is 0.102. The molecule has 1 N–H and O–H groups in total. The van der Waals surface area contributed by atoms with Gasteiger partial charge in [0.05, 0.1) is 5.69 Å². The number of aromatic nitrogens is 4. The van der Waals surface area contributed by atoms with Crippen LogP contribution < -0.4 is 20.3 Å². The summed E-state index contributed by atoms with van der Waals surface area (Å²) >= 11 is 0. The highest BCUT2D eigenvalue weighted by atomic mass is 16.7. The minimum absolute atomic E-state index is 0.133. The highest BCUT2D eigenvalue weighted by Gasteiger charge is 2.18. The van der Waals surface area contributed by atoms with Gasteiger partial charge in [0, 0.05) is 36.3 Å². The quantitative estimate of drug-likeness (QED) is 0.411. The van der Waals surface area contributed by atoms with E-state index in [-0.39, 0.29) is 18.3 Å². The Morgan fingerprint density at radius 3 is 2.75 bits per heavy atom. The zero-order chi connectivity index (χ0) is 24.5. The summed E-state index contributed by atoms with van der Waals surface area (Å²) in [6.07, 6.45) is 5.35. The number of fused-ring (bicyclic) bond motifs is 2. The van der Waals surface area contributed by atoms with Gasteiger partial charge in [0.15, 0.2) is 17.1 Å². The number of benzene rings is 2. The molecule has 1 aliphatic heterocycles. The third-order valence-electron chi connectivity index (χ3n) is 5.77. The molecule has 0 fully saturated rings. The fourth-order valence-electron chi connectivity index (χ4n) is 4.08. The number of anilines is 1.